The van der Waals surface area contributed by atoms with Gasteiger partial charge in [-0.1, -0.05) is 15.9 Å². The van der Waals surface area contributed by atoms with Gasteiger partial charge >= 0.3 is 6.03 Å². The second-order valence-corrected chi connectivity index (χ2v) is 5.66. The molecule has 6 atom stereocenters. The summed E-state index contributed by atoms with van der Waals surface area (Å²) in [6.45, 7) is 1.39. The van der Waals surface area contributed by atoms with E-state index >= 15 is 0 Å². The standard InChI is InChI=1S/C11H17BrN2O7/c1-2-20-9-5(12)8(18)13-11(19)14(9)10-7(17)6(16)4(3-15)21-10/h4-7,9-10,15-17H,2-3H2,1H3,(H,13,18,19). The lowest BCUT2D eigenvalue weighted by Gasteiger charge is -2.41. The third kappa shape index (κ3) is 2.91. The van der Waals surface area contributed by atoms with E-state index in [1.54, 1.807) is 6.92 Å². The summed E-state index contributed by atoms with van der Waals surface area (Å²) >= 11 is 3.12. The monoisotopic (exact) mass is 368 g/mol. The molecule has 0 saturated carbocycles. The van der Waals surface area contributed by atoms with Crippen molar-refractivity contribution in [3.05, 3.63) is 0 Å². The highest BCUT2D eigenvalue weighted by Crippen LogP contribution is 2.30. The summed E-state index contributed by atoms with van der Waals surface area (Å²) in [7, 11) is 0. The van der Waals surface area contributed by atoms with E-state index in [9.17, 15) is 19.8 Å². The van der Waals surface area contributed by atoms with Crippen LogP contribution in [0.2, 0.25) is 0 Å². The molecule has 4 N–H and O–H groups in total. The van der Waals surface area contributed by atoms with Crippen LogP contribution in [-0.4, -0.2) is 81.0 Å². The molecule has 9 nitrogen and oxygen atoms in total. The molecule has 0 aromatic rings. The van der Waals surface area contributed by atoms with Crippen LogP contribution >= 0.6 is 15.9 Å². The van der Waals surface area contributed by atoms with Crippen LogP contribution in [0.25, 0.3) is 0 Å². The number of carbonyl (C=O) groups is 2. The minimum Gasteiger partial charge on any atom is -0.394 e. The highest BCUT2D eigenvalue weighted by Gasteiger charge is 2.52. The Hall–Kier alpha value is -0.780. The molecule has 0 spiro atoms. The zero-order chi connectivity index (χ0) is 15.7. The van der Waals surface area contributed by atoms with Crippen molar-refractivity contribution in [2.24, 2.45) is 0 Å². The Bertz CT molecular complexity index is 423. The first kappa shape index (κ1) is 16.6. The molecule has 0 aliphatic carbocycles. The molecule has 2 heterocycles. The van der Waals surface area contributed by atoms with E-state index in [0.29, 0.717) is 0 Å². The van der Waals surface area contributed by atoms with E-state index in [2.05, 4.69) is 21.2 Å². The fourth-order valence-corrected chi connectivity index (χ4v) is 2.85. The van der Waals surface area contributed by atoms with Crippen LogP contribution in [0.5, 0.6) is 0 Å². The lowest BCUT2D eigenvalue weighted by atomic mass is 10.1. The molecule has 21 heavy (non-hydrogen) atoms. The van der Waals surface area contributed by atoms with Gasteiger partial charge in [-0.3, -0.25) is 15.0 Å². The first-order valence-corrected chi connectivity index (χ1v) is 7.35. The quantitative estimate of drug-likeness (QED) is 0.426. The SMILES string of the molecule is CCOC1C(Br)C(=O)NC(=O)N1C1OC(CO)C(O)C1O. The van der Waals surface area contributed by atoms with Gasteiger partial charge in [-0.2, -0.15) is 0 Å². The van der Waals surface area contributed by atoms with Crippen molar-refractivity contribution >= 4 is 27.9 Å². The second kappa shape index (κ2) is 6.55. The van der Waals surface area contributed by atoms with Crippen LogP contribution in [0.15, 0.2) is 0 Å². The Kier molecular flexibility index (Phi) is 5.17. The molecular formula is C11H17BrN2O7. The molecule has 0 radical (unpaired) electrons. The number of alkyl halides is 1. The van der Waals surface area contributed by atoms with Crippen molar-refractivity contribution in [1.29, 1.82) is 0 Å². The van der Waals surface area contributed by atoms with Gasteiger partial charge in [0.25, 0.3) is 0 Å². The first-order chi connectivity index (χ1) is 9.92. The molecule has 120 valence electrons. The minimum absolute atomic E-state index is 0.221. The average molecular weight is 369 g/mol. The number of nitrogens with one attached hydrogen (secondary N) is 1. The summed E-state index contributed by atoms with van der Waals surface area (Å²) in [5.41, 5.74) is 0. The number of aliphatic hydroxyl groups is 3. The van der Waals surface area contributed by atoms with E-state index in [0.717, 1.165) is 4.90 Å². The fraction of sp³-hybridized carbons (Fsp3) is 0.818. The number of hydrogen-bond acceptors (Lipinski definition) is 7. The predicted molar refractivity (Wildman–Crippen MR) is 71.3 cm³/mol. The molecule has 2 aliphatic rings. The lowest BCUT2D eigenvalue weighted by molar-refractivity contribution is -0.159. The van der Waals surface area contributed by atoms with Crippen molar-refractivity contribution in [1.82, 2.24) is 10.2 Å². The molecular weight excluding hydrogens is 352 g/mol. The number of urea groups is 1. The van der Waals surface area contributed by atoms with Gasteiger partial charge in [-0.05, 0) is 6.92 Å². The van der Waals surface area contributed by atoms with Gasteiger partial charge in [0.1, 0.15) is 23.1 Å². The number of amides is 3. The van der Waals surface area contributed by atoms with E-state index in [1.807, 2.05) is 0 Å². The Morgan fingerprint density at radius 2 is 2.05 bits per heavy atom. The number of carbonyl (C=O) groups excluding carboxylic acids is 2. The summed E-state index contributed by atoms with van der Waals surface area (Å²) in [5, 5.41) is 31.0. The van der Waals surface area contributed by atoms with Gasteiger partial charge in [-0.25, -0.2) is 4.79 Å². The van der Waals surface area contributed by atoms with Gasteiger partial charge in [0.2, 0.25) is 5.91 Å². The second-order valence-electron chi connectivity index (χ2n) is 4.68. The highest BCUT2D eigenvalue weighted by atomic mass is 79.9. The maximum Gasteiger partial charge on any atom is 0.328 e. The summed E-state index contributed by atoms with van der Waals surface area (Å²) in [6.07, 6.45) is -6.03. The van der Waals surface area contributed by atoms with Crippen molar-refractivity contribution in [2.45, 2.75) is 42.5 Å². The molecule has 6 unspecified atom stereocenters. The molecule has 2 saturated heterocycles. The number of ether oxygens (including phenoxy) is 2. The van der Waals surface area contributed by atoms with Gasteiger partial charge in [0.05, 0.1) is 6.61 Å². The zero-order valence-corrected chi connectivity index (χ0v) is 12.8. The molecule has 2 rings (SSSR count). The molecule has 2 aliphatic heterocycles. The van der Waals surface area contributed by atoms with Crippen molar-refractivity contribution < 1.29 is 34.4 Å². The summed E-state index contributed by atoms with van der Waals surface area (Å²) < 4.78 is 10.7. The zero-order valence-electron chi connectivity index (χ0n) is 11.2. The third-order valence-corrected chi connectivity index (χ3v) is 4.24. The smallest absolute Gasteiger partial charge is 0.328 e. The van der Waals surface area contributed by atoms with E-state index in [-0.39, 0.29) is 6.61 Å². The number of rotatable bonds is 4. The Morgan fingerprint density at radius 1 is 1.38 bits per heavy atom. The summed E-state index contributed by atoms with van der Waals surface area (Å²) in [5.74, 6) is -0.568. The van der Waals surface area contributed by atoms with E-state index in [4.69, 9.17) is 14.6 Å². The van der Waals surface area contributed by atoms with Crippen molar-refractivity contribution in [3.8, 4) is 0 Å². The van der Waals surface area contributed by atoms with Gasteiger partial charge in [0.15, 0.2) is 12.5 Å². The van der Waals surface area contributed by atoms with Crippen LogP contribution in [-0.2, 0) is 14.3 Å². The van der Waals surface area contributed by atoms with Crippen LogP contribution in [0, 0.1) is 0 Å². The normalized spacial score (nSPS) is 40.5. The van der Waals surface area contributed by atoms with Gasteiger partial charge in [-0.15, -0.1) is 0 Å². The highest BCUT2D eigenvalue weighted by molar-refractivity contribution is 9.10. The third-order valence-electron chi connectivity index (χ3n) is 3.37. The molecule has 0 bridgehead atoms. The number of hydrogen-bond donors (Lipinski definition) is 4. The maximum atomic E-state index is 12.0. The summed E-state index contributed by atoms with van der Waals surface area (Å²) in [6, 6.07) is -0.802. The Balaban J connectivity index is 2.26. The number of imide groups is 1. The predicted octanol–water partition coefficient (Wildman–Crippen LogP) is -1.90. The van der Waals surface area contributed by atoms with Crippen LogP contribution in [0.4, 0.5) is 4.79 Å². The number of halogens is 1. The molecule has 0 aromatic carbocycles. The first-order valence-electron chi connectivity index (χ1n) is 6.43. The van der Waals surface area contributed by atoms with Crippen LogP contribution in [0.1, 0.15) is 6.92 Å². The van der Waals surface area contributed by atoms with Crippen LogP contribution < -0.4 is 5.32 Å². The topological polar surface area (TPSA) is 129 Å². The summed E-state index contributed by atoms with van der Waals surface area (Å²) in [4.78, 5) is 23.8. The molecule has 10 heteroatoms. The maximum absolute atomic E-state index is 12.0. The Morgan fingerprint density at radius 3 is 2.57 bits per heavy atom. The van der Waals surface area contributed by atoms with E-state index < -0.39 is 54.1 Å². The van der Waals surface area contributed by atoms with Gasteiger partial charge < -0.3 is 24.8 Å². The number of nitrogens with zero attached hydrogens (tertiary/aromatic N) is 1. The molecule has 3 amide bonds. The average Bonchev–Trinajstić information content (AvgIpc) is 2.73. The Labute approximate surface area is 128 Å². The minimum atomic E-state index is -1.43. The van der Waals surface area contributed by atoms with Gasteiger partial charge in [0, 0.05) is 6.61 Å². The van der Waals surface area contributed by atoms with Crippen molar-refractivity contribution in [3.63, 3.8) is 0 Å². The van der Waals surface area contributed by atoms with Crippen LogP contribution in [0.3, 0.4) is 0 Å². The lowest BCUT2D eigenvalue weighted by Crippen LogP contribution is -2.66. The molecule has 2 fully saturated rings. The molecule has 0 aromatic heterocycles. The number of aliphatic hydroxyl groups excluding tert-OH is 3. The van der Waals surface area contributed by atoms with Crippen molar-refractivity contribution in [2.75, 3.05) is 13.2 Å². The largest absolute Gasteiger partial charge is 0.394 e. The fourth-order valence-electron chi connectivity index (χ4n) is 2.33. The van der Waals surface area contributed by atoms with E-state index in [1.165, 1.54) is 0 Å².